The molecule has 1 aliphatic heterocycles. The van der Waals surface area contributed by atoms with Crippen LogP contribution in [0.2, 0.25) is 0 Å². The topological polar surface area (TPSA) is 94.5 Å². The molecular formula is C26H29NO7. The third-order valence-corrected chi connectivity index (χ3v) is 5.60. The van der Waals surface area contributed by atoms with Gasteiger partial charge < -0.3 is 29.0 Å². The summed E-state index contributed by atoms with van der Waals surface area (Å²) >= 11 is 0. The molecule has 34 heavy (non-hydrogen) atoms. The van der Waals surface area contributed by atoms with Gasteiger partial charge in [-0.1, -0.05) is 18.2 Å². The first-order chi connectivity index (χ1) is 16.4. The van der Waals surface area contributed by atoms with Crippen LogP contribution in [0, 0.1) is 0 Å². The number of esters is 1. The Kier molecular flexibility index (Phi) is 7.83. The Morgan fingerprint density at radius 1 is 1.06 bits per heavy atom. The number of rotatable bonds is 9. The molecule has 0 fully saturated rings. The standard InChI is InChI=1S/C26H29NO7/c1-6-34-21-9-7-8-18(24(21)28)15-19-23(26(30)33-5)16(2)27(25(19)29)13-12-17-10-11-20(31-3)22(14-17)32-4/h7-11,14-15,28H,6,12-13H2,1-5H3/b19-15-. The largest absolute Gasteiger partial charge is 0.504 e. The molecule has 0 bridgehead atoms. The van der Waals surface area contributed by atoms with Crippen molar-refractivity contribution in [3.8, 4) is 23.0 Å². The molecule has 1 aliphatic rings. The number of aromatic hydroxyl groups is 1. The van der Waals surface area contributed by atoms with Gasteiger partial charge in [-0.05, 0) is 50.1 Å². The number of para-hydroxylation sites is 1. The Hall–Kier alpha value is -3.94. The molecule has 0 unspecified atom stereocenters. The number of ether oxygens (including phenoxy) is 4. The van der Waals surface area contributed by atoms with Crippen molar-refractivity contribution in [1.82, 2.24) is 4.90 Å². The molecular weight excluding hydrogens is 438 g/mol. The van der Waals surface area contributed by atoms with Crippen LogP contribution in [0.5, 0.6) is 23.0 Å². The van der Waals surface area contributed by atoms with Gasteiger partial charge in [-0.25, -0.2) is 4.79 Å². The highest BCUT2D eigenvalue weighted by Gasteiger charge is 2.37. The van der Waals surface area contributed by atoms with E-state index in [0.717, 1.165) is 5.56 Å². The van der Waals surface area contributed by atoms with Crippen molar-refractivity contribution in [2.24, 2.45) is 0 Å². The maximum absolute atomic E-state index is 13.4. The average molecular weight is 468 g/mol. The van der Waals surface area contributed by atoms with Gasteiger partial charge in [0.25, 0.3) is 5.91 Å². The molecule has 8 heteroatoms. The molecule has 0 atom stereocenters. The molecule has 2 aromatic rings. The fourth-order valence-electron chi connectivity index (χ4n) is 3.86. The number of carbonyl (C=O) groups excluding carboxylic acids is 2. The summed E-state index contributed by atoms with van der Waals surface area (Å²) in [6, 6.07) is 10.6. The van der Waals surface area contributed by atoms with Crippen molar-refractivity contribution in [3.63, 3.8) is 0 Å². The van der Waals surface area contributed by atoms with Gasteiger partial charge in [0.2, 0.25) is 0 Å². The molecule has 0 saturated heterocycles. The number of phenolic OH excluding ortho intramolecular Hbond substituents is 1. The molecule has 2 aromatic carbocycles. The van der Waals surface area contributed by atoms with Crippen LogP contribution < -0.4 is 14.2 Å². The van der Waals surface area contributed by atoms with Gasteiger partial charge in [-0.3, -0.25) is 4.79 Å². The van der Waals surface area contributed by atoms with Gasteiger partial charge in [0.15, 0.2) is 23.0 Å². The number of nitrogens with zero attached hydrogens (tertiary/aromatic N) is 1. The van der Waals surface area contributed by atoms with Crippen LogP contribution in [-0.4, -0.2) is 56.4 Å². The summed E-state index contributed by atoms with van der Waals surface area (Å²) in [6.07, 6.45) is 2.02. The fraction of sp³-hybridized carbons (Fsp3) is 0.308. The molecule has 8 nitrogen and oxygen atoms in total. The fourth-order valence-corrected chi connectivity index (χ4v) is 3.86. The molecule has 1 heterocycles. The van der Waals surface area contributed by atoms with E-state index in [0.29, 0.717) is 48.1 Å². The Morgan fingerprint density at radius 3 is 2.44 bits per heavy atom. The third kappa shape index (κ3) is 4.85. The lowest BCUT2D eigenvalue weighted by atomic mass is 10.0. The van der Waals surface area contributed by atoms with Crippen molar-refractivity contribution >= 4 is 18.0 Å². The summed E-state index contributed by atoms with van der Waals surface area (Å²) < 4.78 is 21.0. The lowest BCUT2D eigenvalue weighted by Crippen LogP contribution is -2.27. The average Bonchev–Trinajstić information content (AvgIpc) is 3.08. The van der Waals surface area contributed by atoms with Crippen LogP contribution >= 0.6 is 0 Å². The van der Waals surface area contributed by atoms with Crippen LogP contribution in [-0.2, 0) is 20.7 Å². The van der Waals surface area contributed by atoms with E-state index in [1.54, 1.807) is 39.3 Å². The quantitative estimate of drug-likeness (QED) is 0.444. The first kappa shape index (κ1) is 24.7. The zero-order valence-electron chi connectivity index (χ0n) is 20.0. The van der Waals surface area contributed by atoms with Crippen LogP contribution in [0.1, 0.15) is 25.0 Å². The van der Waals surface area contributed by atoms with E-state index >= 15 is 0 Å². The highest BCUT2D eigenvalue weighted by Crippen LogP contribution is 2.36. The van der Waals surface area contributed by atoms with Crippen LogP contribution in [0.3, 0.4) is 0 Å². The molecule has 0 aliphatic carbocycles. The Morgan fingerprint density at radius 2 is 1.79 bits per heavy atom. The van der Waals surface area contributed by atoms with Crippen LogP contribution in [0.25, 0.3) is 6.08 Å². The van der Waals surface area contributed by atoms with E-state index in [4.69, 9.17) is 18.9 Å². The summed E-state index contributed by atoms with van der Waals surface area (Å²) in [5, 5.41) is 10.6. The molecule has 0 spiro atoms. The molecule has 1 amide bonds. The number of benzene rings is 2. The molecule has 0 aromatic heterocycles. The summed E-state index contributed by atoms with van der Waals surface area (Å²) in [4.78, 5) is 27.5. The second-order valence-corrected chi connectivity index (χ2v) is 7.53. The van der Waals surface area contributed by atoms with Gasteiger partial charge in [0, 0.05) is 17.8 Å². The predicted molar refractivity (Wildman–Crippen MR) is 127 cm³/mol. The normalized spacial score (nSPS) is 14.6. The van der Waals surface area contributed by atoms with Gasteiger partial charge in [0.05, 0.1) is 39.1 Å². The minimum Gasteiger partial charge on any atom is -0.504 e. The van der Waals surface area contributed by atoms with E-state index in [9.17, 15) is 14.7 Å². The smallest absolute Gasteiger partial charge is 0.340 e. The van der Waals surface area contributed by atoms with E-state index in [2.05, 4.69) is 0 Å². The van der Waals surface area contributed by atoms with E-state index < -0.39 is 5.97 Å². The van der Waals surface area contributed by atoms with E-state index in [1.807, 2.05) is 25.1 Å². The zero-order valence-corrected chi connectivity index (χ0v) is 20.0. The summed E-state index contributed by atoms with van der Waals surface area (Å²) in [5.41, 5.74) is 2.12. The van der Waals surface area contributed by atoms with E-state index in [1.165, 1.54) is 18.1 Å². The lowest BCUT2D eigenvalue weighted by molar-refractivity contribution is -0.136. The molecule has 0 radical (unpaired) electrons. The summed E-state index contributed by atoms with van der Waals surface area (Å²) in [5.74, 6) is 0.446. The van der Waals surface area contributed by atoms with Gasteiger partial charge >= 0.3 is 5.97 Å². The highest BCUT2D eigenvalue weighted by atomic mass is 16.5. The first-order valence-electron chi connectivity index (χ1n) is 10.8. The third-order valence-electron chi connectivity index (χ3n) is 5.60. The van der Waals surface area contributed by atoms with Gasteiger partial charge in [-0.15, -0.1) is 0 Å². The molecule has 180 valence electrons. The van der Waals surface area contributed by atoms with Gasteiger partial charge in [-0.2, -0.15) is 0 Å². The number of methoxy groups -OCH3 is 3. The van der Waals surface area contributed by atoms with Crippen molar-refractivity contribution in [2.75, 3.05) is 34.5 Å². The minimum absolute atomic E-state index is 0.102. The number of allylic oxidation sites excluding steroid dienone is 1. The Labute approximate surface area is 199 Å². The monoisotopic (exact) mass is 467 g/mol. The number of carbonyl (C=O) groups is 2. The predicted octanol–water partition coefficient (Wildman–Crippen LogP) is 3.72. The van der Waals surface area contributed by atoms with Crippen molar-refractivity contribution in [1.29, 1.82) is 0 Å². The summed E-state index contributed by atoms with van der Waals surface area (Å²) in [6.45, 7) is 4.23. The second-order valence-electron chi connectivity index (χ2n) is 7.53. The Balaban J connectivity index is 1.94. The van der Waals surface area contributed by atoms with Crippen LogP contribution in [0.4, 0.5) is 0 Å². The molecule has 0 saturated carbocycles. The summed E-state index contributed by atoms with van der Waals surface area (Å²) in [7, 11) is 4.40. The minimum atomic E-state index is -0.619. The number of phenols is 1. The first-order valence-corrected chi connectivity index (χ1v) is 10.8. The van der Waals surface area contributed by atoms with Crippen molar-refractivity contribution in [2.45, 2.75) is 20.3 Å². The van der Waals surface area contributed by atoms with Crippen molar-refractivity contribution in [3.05, 3.63) is 64.4 Å². The SMILES string of the molecule is CCOc1cccc(/C=C2\C(=O)N(CCc3ccc(OC)c(OC)c3)C(C)=C2C(=O)OC)c1O. The van der Waals surface area contributed by atoms with Crippen LogP contribution in [0.15, 0.2) is 53.2 Å². The Bertz CT molecular complexity index is 1150. The lowest BCUT2D eigenvalue weighted by Gasteiger charge is -2.18. The van der Waals surface area contributed by atoms with Gasteiger partial charge in [0.1, 0.15) is 0 Å². The number of amides is 1. The number of hydrogen-bond donors (Lipinski definition) is 1. The maximum Gasteiger partial charge on any atom is 0.340 e. The maximum atomic E-state index is 13.4. The van der Waals surface area contributed by atoms with Crippen molar-refractivity contribution < 1.29 is 33.6 Å². The zero-order chi connectivity index (χ0) is 24.8. The highest BCUT2D eigenvalue weighted by molar-refractivity contribution is 6.16. The molecule has 1 N–H and O–H groups in total. The van der Waals surface area contributed by atoms with E-state index in [-0.39, 0.29) is 22.8 Å². The second kappa shape index (κ2) is 10.8. The number of hydrogen-bond acceptors (Lipinski definition) is 7. The molecule has 3 rings (SSSR count).